The molecule has 0 bridgehead atoms. The molecule has 2 aromatic rings. The van der Waals surface area contributed by atoms with Gasteiger partial charge in [0.1, 0.15) is 0 Å². The van der Waals surface area contributed by atoms with Crippen LogP contribution in [-0.2, 0) is 6.54 Å². The Hall–Kier alpha value is -2.44. The molecule has 1 aromatic carbocycles. The molecule has 2 rings (SSSR count). The number of nitro groups is 1. The SMILES string of the molecule is CCNc1nnc(-c2ccccc2[N+](=O)[O-])n1CC. The van der Waals surface area contributed by atoms with Crippen molar-refractivity contribution in [1.82, 2.24) is 14.8 Å². The van der Waals surface area contributed by atoms with Gasteiger partial charge in [-0.05, 0) is 19.9 Å². The maximum absolute atomic E-state index is 11.1. The minimum Gasteiger partial charge on any atom is -0.355 e. The summed E-state index contributed by atoms with van der Waals surface area (Å²) in [7, 11) is 0. The summed E-state index contributed by atoms with van der Waals surface area (Å²) in [4.78, 5) is 10.7. The van der Waals surface area contributed by atoms with Gasteiger partial charge in [0, 0.05) is 19.2 Å². The number of aromatic nitrogens is 3. The predicted octanol–water partition coefficient (Wildman–Crippen LogP) is 2.30. The first-order valence-electron chi connectivity index (χ1n) is 6.09. The van der Waals surface area contributed by atoms with Gasteiger partial charge < -0.3 is 5.32 Å². The topological polar surface area (TPSA) is 85.9 Å². The van der Waals surface area contributed by atoms with Crippen LogP contribution in [-0.4, -0.2) is 26.2 Å². The van der Waals surface area contributed by atoms with Crippen molar-refractivity contribution in [3.63, 3.8) is 0 Å². The van der Waals surface area contributed by atoms with Crippen LogP contribution in [0.15, 0.2) is 24.3 Å². The van der Waals surface area contributed by atoms with Crippen molar-refractivity contribution in [3.05, 3.63) is 34.4 Å². The van der Waals surface area contributed by atoms with E-state index in [-0.39, 0.29) is 5.69 Å². The fraction of sp³-hybridized carbons (Fsp3) is 0.333. The minimum absolute atomic E-state index is 0.0349. The molecule has 1 aromatic heterocycles. The summed E-state index contributed by atoms with van der Waals surface area (Å²) in [5, 5.41) is 22.2. The third-order valence-electron chi connectivity index (χ3n) is 2.74. The average Bonchev–Trinajstić information content (AvgIpc) is 2.82. The van der Waals surface area contributed by atoms with Gasteiger partial charge in [-0.1, -0.05) is 12.1 Å². The first-order valence-corrected chi connectivity index (χ1v) is 6.09. The second-order valence-electron chi connectivity index (χ2n) is 3.90. The Bertz CT molecular complexity index is 594. The van der Waals surface area contributed by atoms with Gasteiger partial charge in [0.05, 0.1) is 10.5 Å². The van der Waals surface area contributed by atoms with Gasteiger partial charge in [-0.25, -0.2) is 0 Å². The zero-order chi connectivity index (χ0) is 13.8. The number of nitrogens with zero attached hydrogens (tertiary/aromatic N) is 4. The number of nitro benzene ring substituents is 1. The van der Waals surface area contributed by atoms with Gasteiger partial charge in [0.2, 0.25) is 5.95 Å². The maximum Gasteiger partial charge on any atom is 0.280 e. The van der Waals surface area contributed by atoms with Crippen LogP contribution in [0.5, 0.6) is 0 Å². The lowest BCUT2D eigenvalue weighted by atomic mass is 10.1. The molecule has 100 valence electrons. The Kier molecular flexibility index (Phi) is 3.74. The van der Waals surface area contributed by atoms with E-state index in [1.807, 2.05) is 18.4 Å². The highest BCUT2D eigenvalue weighted by Crippen LogP contribution is 2.29. The Morgan fingerprint density at radius 3 is 2.68 bits per heavy atom. The quantitative estimate of drug-likeness (QED) is 0.659. The van der Waals surface area contributed by atoms with Crippen molar-refractivity contribution in [2.75, 3.05) is 11.9 Å². The third-order valence-corrected chi connectivity index (χ3v) is 2.74. The standard InChI is InChI=1S/C12H15N5O2/c1-3-13-12-15-14-11(16(12)4-2)9-7-5-6-8-10(9)17(18)19/h5-8H,3-4H2,1-2H3,(H,13,15). The molecule has 0 unspecified atom stereocenters. The van der Waals surface area contributed by atoms with E-state index in [0.717, 1.165) is 6.54 Å². The lowest BCUT2D eigenvalue weighted by Gasteiger charge is -2.08. The van der Waals surface area contributed by atoms with E-state index < -0.39 is 4.92 Å². The van der Waals surface area contributed by atoms with Gasteiger partial charge in [0.15, 0.2) is 5.82 Å². The van der Waals surface area contributed by atoms with Gasteiger partial charge in [0.25, 0.3) is 5.69 Å². The van der Waals surface area contributed by atoms with Crippen LogP contribution in [0, 0.1) is 10.1 Å². The molecule has 1 N–H and O–H groups in total. The van der Waals surface area contributed by atoms with Crippen LogP contribution in [0.3, 0.4) is 0 Å². The molecule has 1 heterocycles. The molecule has 0 aliphatic heterocycles. The van der Waals surface area contributed by atoms with Crippen molar-refractivity contribution >= 4 is 11.6 Å². The second kappa shape index (κ2) is 5.47. The second-order valence-corrected chi connectivity index (χ2v) is 3.90. The monoisotopic (exact) mass is 261 g/mol. The van der Waals surface area contributed by atoms with Crippen molar-refractivity contribution in [2.45, 2.75) is 20.4 Å². The third kappa shape index (κ3) is 2.40. The number of rotatable bonds is 5. The van der Waals surface area contributed by atoms with Crippen molar-refractivity contribution < 1.29 is 4.92 Å². The molecule has 7 nitrogen and oxygen atoms in total. The summed E-state index contributed by atoms with van der Waals surface area (Å²) >= 11 is 0. The fourth-order valence-electron chi connectivity index (χ4n) is 1.91. The molecule has 0 saturated heterocycles. The minimum atomic E-state index is -0.406. The van der Waals surface area contributed by atoms with E-state index in [2.05, 4.69) is 15.5 Å². The van der Waals surface area contributed by atoms with Crippen LogP contribution in [0.1, 0.15) is 13.8 Å². The van der Waals surface area contributed by atoms with Crippen LogP contribution in [0.25, 0.3) is 11.4 Å². The molecule has 0 aliphatic rings. The normalized spacial score (nSPS) is 10.4. The molecule has 19 heavy (non-hydrogen) atoms. The molecular formula is C12H15N5O2. The molecular weight excluding hydrogens is 246 g/mol. The van der Waals surface area contributed by atoms with E-state index in [4.69, 9.17) is 0 Å². The van der Waals surface area contributed by atoms with Crippen molar-refractivity contribution in [1.29, 1.82) is 0 Å². The fourth-order valence-corrected chi connectivity index (χ4v) is 1.91. The number of anilines is 1. The summed E-state index contributed by atoms with van der Waals surface area (Å²) in [6.07, 6.45) is 0. The smallest absolute Gasteiger partial charge is 0.280 e. The zero-order valence-corrected chi connectivity index (χ0v) is 10.8. The van der Waals surface area contributed by atoms with Crippen LogP contribution >= 0.6 is 0 Å². The molecule has 7 heteroatoms. The van der Waals surface area contributed by atoms with Crippen LogP contribution < -0.4 is 5.32 Å². The molecule has 0 spiro atoms. The van der Waals surface area contributed by atoms with Crippen molar-refractivity contribution in [3.8, 4) is 11.4 Å². The Balaban J connectivity index is 2.56. The summed E-state index contributed by atoms with van der Waals surface area (Å²) in [5.74, 6) is 1.13. The highest BCUT2D eigenvalue weighted by atomic mass is 16.6. The molecule has 0 fully saturated rings. The Morgan fingerprint density at radius 1 is 1.32 bits per heavy atom. The van der Waals surface area contributed by atoms with E-state index in [1.165, 1.54) is 6.07 Å². The predicted molar refractivity (Wildman–Crippen MR) is 72.0 cm³/mol. The highest BCUT2D eigenvalue weighted by molar-refractivity contribution is 5.69. The number of nitrogens with one attached hydrogen (secondary N) is 1. The van der Waals surface area contributed by atoms with Gasteiger partial charge >= 0.3 is 0 Å². The van der Waals surface area contributed by atoms with E-state index >= 15 is 0 Å². The van der Waals surface area contributed by atoms with E-state index in [0.29, 0.717) is 23.9 Å². The Labute approximate surface area is 110 Å². The summed E-state index contributed by atoms with van der Waals surface area (Å²) in [6.45, 7) is 5.26. The van der Waals surface area contributed by atoms with Gasteiger partial charge in [-0.3, -0.25) is 14.7 Å². The van der Waals surface area contributed by atoms with Crippen molar-refractivity contribution in [2.24, 2.45) is 0 Å². The number of hydrogen-bond donors (Lipinski definition) is 1. The molecule has 0 amide bonds. The maximum atomic E-state index is 11.1. The zero-order valence-electron chi connectivity index (χ0n) is 10.8. The number of benzene rings is 1. The van der Waals surface area contributed by atoms with E-state index in [1.54, 1.807) is 18.2 Å². The van der Waals surface area contributed by atoms with Gasteiger partial charge in [-0.15, -0.1) is 10.2 Å². The molecule has 0 aliphatic carbocycles. The first kappa shape index (κ1) is 13.0. The lowest BCUT2D eigenvalue weighted by Crippen LogP contribution is -2.07. The summed E-state index contributed by atoms with van der Waals surface area (Å²) < 4.78 is 1.83. The van der Waals surface area contributed by atoms with E-state index in [9.17, 15) is 10.1 Å². The Morgan fingerprint density at radius 2 is 2.05 bits per heavy atom. The molecule has 0 atom stereocenters. The van der Waals surface area contributed by atoms with Gasteiger partial charge in [-0.2, -0.15) is 0 Å². The number of hydrogen-bond acceptors (Lipinski definition) is 5. The summed E-state index contributed by atoms with van der Waals surface area (Å²) in [6, 6.07) is 6.55. The lowest BCUT2D eigenvalue weighted by molar-refractivity contribution is -0.384. The molecule has 0 radical (unpaired) electrons. The first-order chi connectivity index (χ1) is 9.19. The van der Waals surface area contributed by atoms with Crippen LogP contribution in [0.4, 0.5) is 11.6 Å². The average molecular weight is 261 g/mol. The molecule has 0 saturated carbocycles. The summed E-state index contributed by atoms with van der Waals surface area (Å²) in [5.41, 5.74) is 0.513. The number of para-hydroxylation sites is 1. The largest absolute Gasteiger partial charge is 0.355 e. The van der Waals surface area contributed by atoms with Crippen LogP contribution in [0.2, 0.25) is 0 Å². The highest BCUT2D eigenvalue weighted by Gasteiger charge is 2.20.